The first-order valence-electron chi connectivity index (χ1n) is 11.2. The number of hydrogen-bond donors (Lipinski definition) is 2. The first-order chi connectivity index (χ1) is 15.4. The van der Waals surface area contributed by atoms with Gasteiger partial charge in [0, 0.05) is 23.5 Å². The second-order valence-electron chi connectivity index (χ2n) is 9.47. The molecule has 5 nitrogen and oxygen atoms in total. The van der Waals surface area contributed by atoms with Crippen molar-refractivity contribution < 1.29 is 19.7 Å². The van der Waals surface area contributed by atoms with Crippen LogP contribution in [0.2, 0.25) is 5.02 Å². The third-order valence-corrected chi connectivity index (χ3v) is 7.90. The molecule has 3 aliphatic rings. The molecule has 1 saturated carbocycles. The molecule has 1 unspecified atom stereocenters. The summed E-state index contributed by atoms with van der Waals surface area (Å²) in [4.78, 5) is 14.0. The summed E-state index contributed by atoms with van der Waals surface area (Å²) in [6, 6.07) is 11.2. The number of carbonyl (C=O) groups is 1. The molecule has 4 atom stereocenters. The van der Waals surface area contributed by atoms with Crippen molar-refractivity contribution >= 4 is 23.3 Å². The highest BCUT2D eigenvalue weighted by atomic mass is 35.5. The fraction of sp³-hybridized carbons (Fsp3) is 0.423. The molecule has 32 heavy (non-hydrogen) atoms. The Morgan fingerprint density at radius 3 is 2.88 bits per heavy atom. The number of fused-ring (bicyclic) bond motifs is 3. The Kier molecular flexibility index (Phi) is 5.42. The summed E-state index contributed by atoms with van der Waals surface area (Å²) in [7, 11) is 0. The molecule has 0 radical (unpaired) electrons. The lowest BCUT2D eigenvalue weighted by Crippen LogP contribution is -2.47. The first-order valence-corrected chi connectivity index (χ1v) is 11.6. The van der Waals surface area contributed by atoms with E-state index in [1.807, 2.05) is 6.07 Å². The van der Waals surface area contributed by atoms with Crippen molar-refractivity contribution in [1.82, 2.24) is 0 Å². The summed E-state index contributed by atoms with van der Waals surface area (Å²) in [5.74, 6) is 0.282. The van der Waals surface area contributed by atoms with Gasteiger partial charge in [-0.15, -0.1) is 6.58 Å². The van der Waals surface area contributed by atoms with Gasteiger partial charge in [-0.3, -0.25) is 0 Å². The minimum absolute atomic E-state index is 0.182. The number of anilines is 1. The Morgan fingerprint density at radius 2 is 2.16 bits per heavy atom. The molecule has 1 heterocycles. The van der Waals surface area contributed by atoms with Crippen LogP contribution >= 0.6 is 11.6 Å². The van der Waals surface area contributed by atoms with Crippen molar-refractivity contribution in [3.63, 3.8) is 0 Å². The smallest absolute Gasteiger partial charge is 0.335 e. The van der Waals surface area contributed by atoms with E-state index in [1.54, 1.807) is 24.3 Å². The zero-order valence-electron chi connectivity index (χ0n) is 18.0. The molecule has 0 saturated heterocycles. The van der Waals surface area contributed by atoms with E-state index >= 15 is 0 Å². The van der Waals surface area contributed by atoms with Crippen molar-refractivity contribution in [2.24, 2.45) is 11.8 Å². The molecule has 5 rings (SSSR count). The number of hydrogen-bond acceptors (Lipinski definition) is 4. The van der Waals surface area contributed by atoms with Crippen LogP contribution < -0.4 is 9.64 Å². The summed E-state index contributed by atoms with van der Waals surface area (Å²) in [6.07, 6.45) is 5.05. The van der Waals surface area contributed by atoms with Crippen LogP contribution in [0.25, 0.3) is 0 Å². The Bertz CT molecular complexity index is 1070. The van der Waals surface area contributed by atoms with Gasteiger partial charge >= 0.3 is 5.97 Å². The number of rotatable bonds is 5. The standard InChI is InChI=1S/C26H28ClNO4/c1-2-23(29)20-6-3-18(20)13-28-14-26(10-9-16-11-19(27)5-7-21(16)26)15-32-24-8-4-17(25(30)31)12-22(24)28/h2,4-5,7-8,11-12,18,20,23,29H,1,3,6,9-10,13-15H2,(H,30,31)/t18-,20+,23-,26?/m0/s1. The van der Waals surface area contributed by atoms with Crippen LogP contribution in [-0.2, 0) is 11.8 Å². The van der Waals surface area contributed by atoms with E-state index < -0.39 is 12.1 Å². The molecule has 1 fully saturated rings. The molecule has 2 aromatic rings. The van der Waals surface area contributed by atoms with Gasteiger partial charge in [-0.1, -0.05) is 23.7 Å². The van der Waals surface area contributed by atoms with Gasteiger partial charge in [0.05, 0.1) is 24.0 Å². The second kappa shape index (κ2) is 8.13. The predicted molar refractivity (Wildman–Crippen MR) is 125 cm³/mol. The highest BCUT2D eigenvalue weighted by molar-refractivity contribution is 6.30. The summed E-state index contributed by atoms with van der Waals surface area (Å²) < 4.78 is 6.33. The third-order valence-electron chi connectivity index (χ3n) is 7.67. The Balaban J connectivity index is 1.53. The van der Waals surface area contributed by atoms with E-state index in [-0.39, 0.29) is 16.9 Å². The fourth-order valence-corrected chi connectivity index (χ4v) is 5.93. The van der Waals surface area contributed by atoms with Crippen LogP contribution in [0.15, 0.2) is 49.1 Å². The largest absolute Gasteiger partial charge is 0.490 e. The third kappa shape index (κ3) is 3.57. The highest BCUT2D eigenvalue weighted by Gasteiger charge is 2.45. The zero-order valence-corrected chi connectivity index (χ0v) is 18.7. The number of aliphatic hydroxyl groups excluding tert-OH is 1. The van der Waals surface area contributed by atoms with E-state index in [9.17, 15) is 15.0 Å². The zero-order chi connectivity index (χ0) is 22.5. The van der Waals surface area contributed by atoms with Crippen molar-refractivity contribution in [2.75, 3.05) is 24.6 Å². The van der Waals surface area contributed by atoms with E-state index in [2.05, 4.69) is 23.6 Å². The van der Waals surface area contributed by atoms with E-state index in [0.29, 0.717) is 12.5 Å². The lowest BCUT2D eigenvalue weighted by atomic mass is 9.70. The van der Waals surface area contributed by atoms with Gasteiger partial charge in [-0.25, -0.2) is 4.79 Å². The topological polar surface area (TPSA) is 70.0 Å². The summed E-state index contributed by atoms with van der Waals surface area (Å²) in [5.41, 5.74) is 3.43. The molecule has 1 aliphatic heterocycles. The van der Waals surface area contributed by atoms with Gasteiger partial charge in [0.25, 0.3) is 0 Å². The molecular formula is C26H28ClNO4. The summed E-state index contributed by atoms with van der Waals surface area (Å²) >= 11 is 6.26. The minimum Gasteiger partial charge on any atom is -0.490 e. The Hall–Kier alpha value is -2.50. The molecule has 0 amide bonds. The average Bonchev–Trinajstić information content (AvgIpc) is 3.02. The highest BCUT2D eigenvalue weighted by Crippen LogP contribution is 2.47. The van der Waals surface area contributed by atoms with Gasteiger partial charge in [-0.2, -0.15) is 0 Å². The molecule has 168 valence electrons. The van der Waals surface area contributed by atoms with Gasteiger partial charge in [0.15, 0.2) is 0 Å². The number of aromatic carboxylic acids is 1. The summed E-state index contributed by atoms with van der Waals surface area (Å²) in [6.45, 7) is 5.79. The molecule has 1 spiro atoms. The SMILES string of the molecule is C=C[C@H](O)[C@@H]1CC[C@H]1CN1CC2(CCc3cc(Cl)ccc32)COc2ccc(C(=O)O)cc21. The van der Waals surface area contributed by atoms with Crippen molar-refractivity contribution in [3.05, 3.63) is 70.8 Å². The quantitative estimate of drug-likeness (QED) is 0.642. The normalized spacial score (nSPS) is 27.0. The number of nitrogens with zero attached hydrogens (tertiary/aromatic N) is 1. The Morgan fingerprint density at radius 1 is 1.31 bits per heavy atom. The maximum atomic E-state index is 11.7. The van der Waals surface area contributed by atoms with E-state index in [4.69, 9.17) is 16.3 Å². The van der Waals surface area contributed by atoms with Crippen LogP contribution in [0, 0.1) is 11.8 Å². The van der Waals surface area contributed by atoms with Gasteiger partial charge in [-0.05, 0) is 79.0 Å². The molecule has 2 N–H and O–H groups in total. The predicted octanol–water partition coefficient (Wildman–Crippen LogP) is 4.69. The van der Waals surface area contributed by atoms with Crippen molar-refractivity contribution in [1.29, 1.82) is 0 Å². The van der Waals surface area contributed by atoms with Crippen molar-refractivity contribution in [3.8, 4) is 5.75 Å². The fourth-order valence-electron chi connectivity index (χ4n) is 5.73. The number of ether oxygens (including phenoxy) is 1. The Labute approximate surface area is 193 Å². The number of aryl methyl sites for hydroxylation is 1. The van der Waals surface area contributed by atoms with E-state index in [0.717, 1.165) is 55.2 Å². The average molecular weight is 454 g/mol. The molecule has 0 bridgehead atoms. The minimum atomic E-state index is -0.948. The molecule has 2 aromatic carbocycles. The lowest BCUT2D eigenvalue weighted by Gasteiger charge is -2.43. The van der Waals surface area contributed by atoms with Gasteiger partial charge in [0.2, 0.25) is 0 Å². The van der Waals surface area contributed by atoms with Gasteiger partial charge < -0.3 is 19.8 Å². The molecule has 0 aromatic heterocycles. The van der Waals surface area contributed by atoms with Gasteiger partial charge in [0.1, 0.15) is 5.75 Å². The monoisotopic (exact) mass is 453 g/mol. The molecular weight excluding hydrogens is 426 g/mol. The number of halogens is 1. The molecule has 2 aliphatic carbocycles. The number of carboxylic acid groups (broad SMARTS) is 1. The van der Waals surface area contributed by atoms with E-state index in [1.165, 1.54) is 11.1 Å². The lowest BCUT2D eigenvalue weighted by molar-refractivity contribution is 0.0461. The number of aliphatic hydroxyl groups is 1. The van der Waals surface area contributed by atoms with Crippen LogP contribution in [0.1, 0.15) is 40.7 Å². The number of benzene rings is 2. The number of carboxylic acids is 1. The maximum absolute atomic E-state index is 11.7. The van der Waals surface area contributed by atoms with Crippen LogP contribution in [-0.4, -0.2) is 42.0 Å². The second-order valence-corrected chi connectivity index (χ2v) is 9.90. The summed E-state index contributed by atoms with van der Waals surface area (Å²) in [5, 5.41) is 20.7. The van der Waals surface area contributed by atoms with Crippen molar-refractivity contribution in [2.45, 2.75) is 37.2 Å². The van der Waals surface area contributed by atoms with Crippen LogP contribution in [0.3, 0.4) is 0 Å². The van der Waals surface area contributed by atoms with Crippen LogP contribution in [0.5, 0.6) is 5.75 Å². The first kappa shape index (κ1) is 21.4. The van der Waals surface area contributed by atoms with Crippen LogP contribution in [0.4, 0.5) is 5.69 Å². The molecule has 6 heteroatoms. The maximum Gasteiger partial charge on any atom is 0.335 e.